The third-order valence-corrected chi connectivity index (χ3v) is 1.80. The van der Waals surface area contributed by atoms with Gasteiger partial charge in [0.25, 0.3) is 0 Å². The van der Waals surface area contributed by atoms with E-state index in [9.17, 15) is 5.11 Å². The first-order valence-corrected chi connectivity index (χ1v) is 3.44. The summed E-state index contributed by atoms with van der Waals surface area (Å²) in [5.41, 5.74) is 1.37. The van der Waals surface area contributed by atoms with E-state index in [0.29, 0.717) is 11.1 Å². The van der Waals surface area contributed by atoms with Gasteiger partial charge in [0.2, 0.25) is 0 Å². The fraction of sp³-hybridized carbons (Fsp3) is 0.111. The maximum absolute atomic E-state index is 11.0. The third kappa shape index (κ3) is 0.792. The molecular formula is C9H7O2. The average Bonchev–Trinajstić information content (AvgIpc) is 2.30. The van der Waals surface area contributed by atoms with Gasteiger partial charge in [0.1, 0.15) is 5.58 Å². The van der Waals surface area contributed by atoms with Crippen LogP contribution in [0.2, 0.25) is 0 Å². The Morgan fingerprint density at radius 1 is 1.27 bits per heavy atom. The van der Waals surface area contributed by atoms with Crippen LogP contribution in [0.3, 0.4) is 0 Å². The van der Waals surface area contributed by atoms with Gasteiger partial charge in [-0.25, -0.2) is 5.11 Å². The van der Waals surface area contributed by atoms with Crippen LogP contribution in [0.4, 0.5) is 0 Å². The number of para-hydroxylation sites is 1. The van der Waals surface area contributed by atoms with E-state index in [4.69, 9.17) is 4.42 Å². The highest BCUT2D eigenvalue weighted by Crippen LogP contribution is 2.29. The number of aryl methyl sites for hydroxylation is 1. The molecule has 0 unspecified atom stereocenters. The molecule has 0 spiro atoms. The minimum absolute atomic E-state index is 0.230. The molecule has 2 nitrogen and oxygen atoms in total. The van der Waals surface area contributed by atoms with Gasteiger partial charge in [-0.3, -0.25) is 0 Å². The summed E-state index contributed by atoms with van der Waals surface area (Å²) < 4.78 is 4.94. The predicted octanol–water partition coefficient (Wildman–Crippen LogP) is 2.89. The zero-order valence-corrected chi connectivity index (χ0v) is 6.13. The molecule has 0 aliphatic carbocycles. The van der Waals surface area contributed by atoms with E-state index in [1.807, 2.05) is 18.2 Å². The number of hydrogen-bond donors (Lipinski definition) is 0. The lowest BCUT2D eigenvalue weighted by molar-refractivity contribution is 0.258. The lowest BCUT2D eigenvalue weighted by Crippen LogP contribution is -1.64. The molecule has 0 bridgehead atoms. The Bertz CT molecular complexity index is 387. The highest BCUT2D eigenvalue weighted by Gasteiger charge is 2.08. The van der Waals surface area contributed by atoms with Crippen LogP contribution in [0.1, 0.15) is 5.56 Å². The summed E-state index contributed by atoms with van der Waals surface area (Å²) in [5.74, 6) is -0.230. The second kappa shape index (κ2) is 2.02. The first-order chi connectivity index (χ1) is 5.29. The summed E-state index contributed by atoms with van der Waals surface area (Å²) in [5, 5.41) is 11.9. The summed E-state index contributed by atoms with van der Waals surface area (Å²) in [7, 11) is 0. The number of hydrogen-bond acceptors (Lipinski definition) is 1. The molecule has 11 heavy (non-hydrogen) atoms. The molecule has 0 saturated heterocycles. The van der Waals surface area contributed by atoms with Gasteiger partial charge >= 0.3 is 5.95 Å². The van der Waals surface area contributed by atoms with Crippen LogP contribution in [0.25, 0.3) is 11.0 Å². The van der Waals surface area contributed by atoms with Crippen LogP contribution in [-0.4, -0.2) is 0 Å². The highest BCUT2D eigenvalue weighted by molar-refractivity contribution is 5.82. The van der Waals surface area contributed by atoms with E-state index in [0.717, 1.165) is 5.39 Å². The standard InChI is InChI=1S/C9H7O2/c1-6-7-4-2-3-5-8(7)11-9(6)10/h2-5H,1H3. The summed E-state index contributed by atoms with van der Waals surface area (Å²) >= 11 is 0. The van der Waals surface area contributed by atoms with E-state index in [2.05, 4.69) is 0 Å². The Labute approximate surface area is 64.1 Å². The van der Waals surface area contributed by atoms with Crippen LogP contribution >= 0.6 is 0 Å². The largest absolute Gasteiger partial charge is 0.423 e. The molecule has 1 radical (unpaired) electrons. The van der Waals surface area contributed by atoms with Crippen LogP contribution in [0.15, 0.2) is 28.7 Å². The number of rotatable bonds is 0. The molecule has 55 valence electrons. The van der Waals surface area contributed by atoms with Gasteiger partial charge in [0.05, 0.1) is 0 Å². The highest BCUT2D eigenvalue weighted by atomic mass is 16.5. The fourth-order valence-electron chi connectivity index (χ4n) is 1.15. The van der Waals surface area contributed by atoms with Gasteiger partial charge in [0.15, 0.2) is 0 Å². The summed E-state index contributed by atoms with van der Waals surface area (Å²) in [6.07, 6.45) is 0. The summed E-state index contributed by atoms with van der Waals surface area (Å²) in [6, 6.07) is 7.42. The fourth-order valence-corrected chi connectivity index (χ4v) is 1.15. The van der Waals surface area contributed by atoms with Crippen molar-refractivity contribution in [3.63, 3.8) is 0 Å². The van der Waals surface area contributed by atoms with E-state index in [1.165, 1.54) is 0 Å². The van der Waals surface area contributed by atoms with E-state index in [1.54, 1.807) is 13.0 Å². The lowest BCUT2D eigenvalue weighted by Gasteiger charge is -1.83. The van der Waals surface area contributed by atoms with Crippen molar-refractivity contribution in [3.05, 3.63) is 29.8 Å². The van der Waals surface area contributed by atoms with Gasteiger partial charge in [-0.1, -0.05) is 18.2 Å². The molecule has 1 heterocycles. The van der Waals surface area contributed by atoms with Crippen molar-refractivity contribution in [3.8, 4) is 5.95 Å². The van der Waals surface area contributed by atoms with Gasteiger partial charge < -0.3 is 4.42 Å². The monoisotopic (exact) mass is 147 g/mol. The van der Waals surface area contributed by atoms with E-state index < -0.39 is 0 Å². The van der Waals surface area contributed by atoms with E-state index >= 15 is 0 Å². The van der Waals surface area contributed by atoms with Crippen LogP contribution in [-0.2, 0) is 5.11 Å². The third-order valence-electron chi connectivity index (χ3n) is 1.80. The van der Waals surface area contributed by atoms with Crippen LogP contribution < -0.4 is 0 Å². The van der Waals surface area contributed by atoms with Gasteiger partial charge in [0, 0.05) is 10.9 Å². The number of fused-ring (bicyclic) bond motifs is 1. The van der Waals surface area contributed by atoms with Crippen molar-refractivity contribution in [2.45, 2.75) is 6.92 Å². The van der Waals surface area contributed by atoms with E-state index in [-0.39, 0.29) is 5.95 Å². The zero-order chi connectivity index (χ0) is 7.84. The van der Waals surface area contributed by atoms with Crippen molar-refractivity contribution >= 4 is 11.0 Å². The maximum atomic E-state index is 11.0. The normalized spacial score (nSPS) is 10.6. The first-order valence-electron chi connectivity index (χ1n) is 3.44. The molecule has 0 aliphatic heterocycles. The van der Waals surface area contributed by atoms with Crippen molar-refractivity contribution < 1.29 is 9.52 Å². The molecule has 2 rings (SSSR count). The molecule has 0 saturated carbocycles. The molecule has 0 fully saturated rings. The Morgan fingerprint density at radius 2 is 2.00 bits per heavy atom. The molecular weight excluding hydrogens is 140 g/mol. The molecule has 0 N–H and O–H groups in total. The minimum atomic E-state index is -0.230. The molecule has 2 aromatic rings. The summed E-state index contributed by atoms with van der Waals surface area (Å²) in [6.45, 7) is 1.77. The summed E-state index contributed by atoms with van der Waals surface area (Å²) in [4.78, 5) is 0. The Kier molecular flexibility index (Phi) is 1.15. The van der Waals surface area contributed by atoms with Gasteiger partial charge in [-0.15, -0.1) is 0 Å². The van der Waals surface area contributed by atoms with Crippen molar-refractivity contribution in [2.75, 3.05) is 0 Å². The number of benzene rings is 1. The SMILES string of the molecule is Cc1c([O])oc2ccccc12. The molecule has 1 aromatic carbocycles. The number of furan rings is 1. The second-order valence-corrected chi connectivity index (χ2v) is 2.51. The van der Waals surface area contributed by atoms with Gasteiger partial charge in [-0.05, 0) is 13.0 Å². The molecule has 0 amide bonds. The maximum Gasteiger partial charge on any atom is 0.339 e. The minimum Gasteiger partial charge on any atom is -0.423 e. The van der Waals surface area contributed by atoms with Crippen molar-refractivity contribution in [1.82, 2.24) is 0 Å². The molecule has 1 aromatic heterocycles. The first kappa shape index (κ1) is 6.28. The van der Waals surface area contributed by atoms with Crippen LogP contribution in [0, 0.1) is 6.92 Å². The zero-order valence-electron chi connectivity index (χ0n) is 6.13. The molecule has 0 atom stereocenters. The Balaban J connectivity index is 2.92. The molecule has 0 aliphatic rings. The van der Waals surface area contributed by atoms with Crippen molar-refractivity contribution in [2.24, 2.45) is 0 Å². The lowest BCUT2D eigenvalue weighted by atomic mass is 10.2. The van der Waals surface area contributed by atoms with Crippen LogP contribution in [0.5, 0.6) is 5.95 Å². The Hall–Kier alpha value is -1.44. The predicted molar refractivity (Wildman–Crippen MR) is 41.1 cm³/mol. The molecule has 2 heteroatoms. The average molecular weight is 147 g/mol. The van der Waals surface area contributed by atoms with Crippen molar-refractivity contribution in [1.29, 1.82) is 0 Å². The van der Waals surface area contributed by atoms with Gasteiger partial charge in [-0.2, -0.15) is 0 Å². The smallest absolute Gasteiger partial charge is 0.339 e. The quantitative estimate of drug-likeness (QED) is 0.564. The topological polar surface area (TPSA) is 33.0 Å². The Morgan fingerprint density at radius 3 is 2.73 bits per heavy atom. The second-order valence-electron chi connectivity index (χ2n) is 2.51.